The average molecular weight is 691 g/mol. The Balaban J connectivity index is 1.36. The number of ether oxygens (including phenoxy) is 1. The molecule has 0 spiro atoms. The van der Waals surface area contributed by atoms with Gasteiger partial charge in [-0.25, -0.2) is 14.0 Å². The van der Waals surface area contributed by atoms with E-state index in [0.29, 0.717) is 0 Å². The second kappa shape index (κ2) is 13.7. The van der Waals surface area contributed by atoms with E-state index in [-0.39, 0.29) is 71.5 Å². The van der Waals surface area contributed by atoms with Crippen LogP contribution in [0.5, 0.6) is 5.75 Å². The van der Waals surface area contributed by atoms with Gasteiger partial charge in [0, 0.05) is 49.9 Å². The topological polar surface area (TPSA) is 135 Å². The number of piperidine rings is 1. The molecule has 1 saturated heterocycles. The van der Waals surface area contributed by atoms with Crippen molar-refractivity contribution in [2.75, 3.05) is 38.6 Å². The van der Waals surface area contributed by atoms with Gasteiger partial charge in [0.05, 0.1) is 36.0 Å². The van der Waals surface area contributed by atoms with E-state index in [9.17, 15) is 28.4 Å². The Bertz CT molecular complexity index is 1870. The van der Waals surface area contributed by atoms with Crippen molar-refractivity contribution in [3.05, 3.63) is 79.8 Å². The van der Waals surface area contributed by atoms with Crippen LogP contribution in [0.3, 0.4) is 0 Å². The number of benzene rings is 2. The van der Waals surface area contributed by atoms with Crippen LogP contribution in [0, 0.1) is 5.82 Å². The minimum Gasteiger partial charge on any atom is -0.497 e. The van der Waals surface area contributed by atoms with E-state index in [4.69, 9.17) is 16.3 Å². The molecule has 12 nitrogen and oxygen atoms in total. The third kappa shape index (κ3) is 6.91. The van der Waals surface area contributed by atoms with E-state index in [1.54, 1.807) is 0 Å². The van der Waals surface area contributed by atoms with Crippen molar-refractivity contribution >= 4 is 35.1 Å². The third-order valence-electron chi connectivity index (χ3n) is 8.57. The number of nitrogens with one attached hydrogen (secondary N) is 2. The van der Waals surface area contributed by atoms with Gasteiger partial charge in [0.2, 0.25) is 11.8 Å². The molecular formula is C32H34ClF3N6O6. The number of nitrogens with zero attached hydrogens (tertiary/aromatic N) is 4. The fraction of sp³-hybridized carbons (Fsp3) is 0.406. The predicted molar refractivity (Wildman–Crippen MR) is 171 cm³/mol. The summed E-state index contributed by atoms with van der Waals surface area (Å²) in [6, 6.07) is 5.77. The molecule has 1 unspecified atom stereocenters. The highest BCUT2D eigenvalue weighted by Gasteiger charge is 2.44. The Hall–Kier alpha value is -4.79. The fourth-order valence-corrected chi connectivity index (χ4v) is 6.22. The number of likely N-dealkylation sites (tertiary alicyclic amines) is 1. The molecule has 1 atom stereocenters. The molecule has 0 aliphatic carbocycles. The summed E-state index contributed by atoms with van der Waals surface area (Å²) in [5, 5.41) is 4.76. The first-order chi connectivity index (χ1) is 22.7. The van der Waals surface area contributed by atoms with Crippen LogP contribution in [0.15, 0.2) is 52.2 Å². The molecule has 256 valence electrons. The van der Waals surface area contributed by atoms with Gasteiger partial charge >= 0.3 is 11.7 Å². The Labute approximate surface area is 278 Å². The largest absolute Gasteiger partial charge is 0.497 e. The first-order valence-corrected chi connectivity index (χ1v) is 15.6. The molecule has 16 heteroatoms. The highest BCUT2D eigenvalue weighted by molar-refractivity contribution is 6.33. The van der Waals surface area contributed by atoms with Crippen molar-refractivity contribution < 1.29 is 32.3 Å². The number of carbonyl (C=O) groups is 3. The zero-order chi connectivity index (χ0) is 34.9. The lowest BCUT2D eigenvalue weighted by atomic mass is 10.0. The van der Waals surface area contributed by atoms with Crippen molar-refractivity contribution in [3.63, 3.8) is 0 Å². The lowest BCUT2D eigenvalue weighted by Gasteiger charge is -2.38. The van der Waals surface area contributed by atoms with Gasteiger partial charge < -0.3 is 25.2 Å². The van der Waals surface area contributed by atoms with Crippen LogP contribution in [0.25, 0.3) is 11.1 Å². The van der Waals surface area contributed by atoms with Crippen LogP contribution >= 0.6 is 11.6 Å². The summed E-state index contributed by atoms with van der Waals surface area (Å²) in [6.07, 6.45) is 1.54. The van der Waals surface area contributed by atoms with E-state index < -0.39 is 60.1 Å². The molecule has 1 fully saturated rings. The molecule has 2 aliphatic rings. The number of urea groups is 1. The van der Waals surface area contributed by atoms with Gasteiger partial charge in [-0.3, -0.25) is 23.5 Å². The van der Waals surface area contributed by atoms with Crippen LogP contribution < -0.4 is 26.6 Å². The average Bonchev–Trinajstić information content (AvgIpc) is 3.15. The lowest BCUT2D eigenvalue weighted by Crippen LogP contribution is -2.52. The summed E-state index contributed by atoms with van der Waals surface area (Å²) < 4.78 is 52.1. The van der Waals surface area contributed by atoms with E-state index in [2.05, 4.69) is 10.6 Å². The summed E-state index contributed by atoms with van der Waals surface area (Å²) in [4.78, 5) is 67.7. The fourth-order valence-electron chi connectivity index (χ4n) is 5.99. The maximum atomic E-state index is 15.4. The molecule has 2 aromatic carbocycles. The highest BCUT2D eigenvalue weighted by atomic mass is 35.5. The molecule has 1 aromatic heterocycles. The smallest absolute Gasteiger partial charge is 0.331 e. The van der Waals surface area contributed by atoms with E-state index >= 15 is 8.78 Å². The van der Waals surface area contributed by atoms with Gasteiger partial charge in [-0.1, -0.05) is 23.7 Å². The minimum atomic E-state index is -3.38. The first-order valence-electron chi connectivity index (χ1n) is 15.2. The maximum absolute atomic E-state index is 15.4. The lowest BCUT2D eigenvalue weighted by molar-refractivity contribution is -0.133. The number of rotatable bonds is 8. The highest BCUT2D eigenvalue weighted by Crippen LogP contribution is 2.40. The zero-order valence-electron chi connectivity index (χ0n) is 26.4. The molecule has 5 rings (SSSR count). The summed E-state index contributed by atoms with van der Waals surface area (Å²) >= 11 is 6.18. The Morgan fingerprint density at radius 3 is 2.50 bits per heavy atom. The number of hydrogen-bond donors (Lipinski definition) is 2. The number of methoxy groups -OCH3 is 1. The maximum Gasteiger partial charge on any atom is 0.331 e. The van der Waals surface area contributed by atoms with Crippen molar-refractivity contribution in [2.45, 2.75) is 51.2 Å². The quantitative estimate of drug-likeness (QED) is 0.369. The molecule has 2 N–H and O–H groups in total. The number of halogens is 4. The summed E-state index contributed by atoms with van der Waals surface area (Å²) in [5.74, 6) is -4.83. The number of alkyl halides is 2. The van der Waals surface area contributed by atoms with Gasteiger partial charge in [0.15, 0.2) is 0 Å². The molecule has 4 amide bonds. The van der Waals surface area contributed by atoms with E-state index in [1.165, 1.54) is 56.2 Å². The molecule has 2 aliphatic heterocycles. The van der Waals surface area contributed by atoms with Crippen molar-refractivity contribution in [2.24, 2.45) is 0 Å². The monoisotopic (exact) mass is 690 g/mol. The molecular weight excluding hydrogens is 657 g/mol. The van der Waals surface area contributed by atoms with Crippen LogP contribution in [-0.2, 0) is 22.1 Å². The number of amides is 4. The van der Waals surface area contributed by atoms with Crippen LogP contribution in [0.4, 0.5) is 23.7 Å². The molecule has 3 heterocycles. The van der Waals surface area contributed by atoms with Gasteiger partial charge in [0.1, 0.15) is 18.1 Å². The van der Waals surface area contributed by atoms with Crippen LogP contribution in [0.1, 0.15) is 38.3 Å². The Morgan fingerprint density at radius 1 is 1.12 bits per heavy atom. The SMILES string of the molecule is COc1ccc2c(c1)C(F)(F)CN(C1CCN(C(=O)Cn3cc(-c4cccc(F)c4Cl)c(=O)n(C(C)CNC(C)=O)c3=O)CC1)C(=O)N2. The van der Waals surface area contributed by atoms with Crippen LogP contribution in [-0.4, -0.2) is 76.1 Å². The first kappa shape index (κ1) is 34.5. The predicted octanol–water partition coefficient (Wildman–Crippen LogP) is 3.81. The molecule has 3 aromatic rings. The number of aromatic nitrogens is 2. The standard InChI is InChI=1S/C32H34ClF3N6O6/c1-18(14-37-19(2)43)42-29(45)23(22-5-4-6-25(34)28(22)33)15-40(31(42)47)16-27(44)39-11-9-20(10-12-39)41-17-32(35,36)24-13-21(48-3)7-8-26(24)38-30(41)46/h4-8,13,15,18,20H,9-12,14,16-17H2,1-3H3,(H,37,43)(H,38,46). The number of fused-ring (bicyclic) bond motifs is 1. The van der Waals surface area contributed by atoms with Gasteiger partial charge in [-0.05, 0) is 44.0 Å². The molecule has 0 radical (unpaired) electrons. The zero-order valence-corrected chi connectivity index (χ0v) is 27.2. The van der Waals surface area contributed by atoms with Crippen molar-refractivity contribution in [1.29, 1.82) is 0 Å². The molecule has 0 bridgehead atoms. The van der Waals surface area contributed by atoms with E-state index in [1.807, 2.05) is 0 Å². The minimum absolute atomic E-state index is 0.0114. The number of hydrogen-bond acceptors (Lipinski definition) is 6. The van der Waals surface area contributed by atoms with E-state index in [0.717, 1.165) is 26.3 Å². The number of carbonyl (C=O) groups excluding carboxylic acids is 3. The van der Waals surface area contributed by atoms with Crippen LogP contribution in [0.2, 0.25) is 5.02 Å². The normalized spacial score (nSPS) is 16.9. The third-order valence-corrected chi connectivity index (χ3v) is 8.95. The van der Waals surface area contributed by atoms with Crippen molar-refractivity contribution in [1.82, 2.24) is 24.3 Å². The summed E-state index contributed by atoms with van der Waals surface area (Å²) in [5.41, 5.74) is -2.12. The molecule has 0 saturated carbocycles. The molecule has 48 heavy (non-hydrogen) atoms. The second-order valence-electron chi connectivity index (χ2n) is 11.8. The van der Waals surface area contributed by atoms with Gasteiger partial charge in [-0.15, -0.1) is 0 Å². The second-order valence-corrected chi connectivity index (χ2v) is 12.2. The van der Waals surface area contributed by atoms with Crippen molar-refractivity contribution in [3.8, 4) is 16.9 Å². The Morgan fingerprint density at radius 2 is 1.83 bits per heavy atom. The summed E-state index contributed by atoms with van der Waals surface area (Å²) in [6.45, 7) is 1.58. The van der Waals surface area contributed by atoms with Gasteiger partial charge in [-0.2, -0.15) is 8.78 Å². The van der Waals surface area contributed by atoms with Gasteiger partial charge in [0.25, 0.3) is 11.5 Å². The summed E-state index contributed by atoms with van der Waals surface area (Å²) in [7, 11) is 1.36. The Kier molecular flexibility index (Phi) is 9.89. The number of anilines is 1.